The van der Waals surface area contributed by atoms with Crippen LogP contribution in [0.15, 0.2) is 140 Å². The molecule has 190 valence electrons. The van der Waals surface area contributed by atoms with Gasteiger partial charge in [-0.15, -0.1) is 0 Å². The summed E-state index contributed by atoms with van der Waals surface area (Å²) in [5.41, 5.74) is 8.15. The highest BCUT2D eigenvalue weighted by molar-refractivity contribution is 6.30. The number of benzene rings is 6. The number of hydrogen-bond acceptors (Lipinski definition) is 2. The molecule has 0 saturated carbocycles. The molecule has 3 nitrogen and oxygen atoms in total. The molecule has 0 N–H and O–H groups in total. The van der Waals surface area contributed by atoms with Crippen LogP contribution in [0.2, 0.25) is 0 Å². The van der Waals surface area contributed by atoms with Gasteiger partial charge in [-0.2, -0.15) is 5.26 Å². The number of rotatable bonds is 3. The molecule has 3 heteroatoms. The summed E-state index contributed by atoms with van der Waals surface area (Å²) in [5, 5.41) is 16.9. The lowest BCUT2D eigenvalue weighted by Crippen LogP contribution is -1.94. The van der Waals surface area contributed by atoms with Gasteiger partial charge in [0.25, 0.3) is 0 Å². The standard InChI is InChI=1S/C38H23N3/c39-24-25-19-20-40-34(21-25)28-11-8-10-27(22-28)33-23-36-38(32-16-7-6-15-31(32)33)37-30-14-5-4-9-26(30)17-18-35(37)41(36)29-12-2-1-3-13-29/h1-23H. The van der Waals surface area contributed by atoms with Gasteiger partial charge in [0.1, 0.15) is 0 Å². The van der Waals surface area contributed by atoms with Crippen LogP contribution < -0.4 is 0 Å². The van der Waals surface area contributed by atoms with Gasteiger partial charge in [0.15, 0.2) is 0 Å². The SMILES string of the molecule is N#Cc1ccnc(-c2cccc(-c3cc4c(c5ccccc35)c3c5ccccc5ccc3n4-c3ccccc3)c2)c1. The maximum absolute atomic E-state index is 9.43. The van der Waals surface area contributed by atoms with E-state index in [-0.39, 0.29) is 0 Å². The quantitative estimate of drug-likeness (QED) is 0.232. The fourth-order valence-corrected chi connectivity index (χ4v) is 6.24. The minimum absolute atomic E-state index is 0.604. The molecule has 0 aliphatic carbocycles. The molecule has 0 spiro atoms. The molecule has 0 unspecified atom stereocenters. The van der Waals surface area contributed by atoms with Crippen molar-refractivity contribution in [3.63, 3.8) is 0 Å². The van der Waals surface area contributed by atoms with E-state index in [9.17, 15) is 5.26 Å². The third-order valence-corrected chi connectivity index (χ3v) is 8.04. The Labute approximate surface area is 237 Å². The zero-order chi connectivity index (χ0) is 27.3. The Kier molecular flexibility index (Phi) is 5.20. The Morgan fingerprint density at radius 1 is 0.561 bits per heavy atom. The van der Waals surface area contributed by atoms with E-state index in [0.29, 0.717) is 5.56 Å². The van der Waals surface area contributed by atoms with Gasteiger partial charge in [0.2, 0.25) is 0 Å². The average molecular weight is 522 g/mol. The number of hydrogen-bond donors (Lipinski definition) is 0. The van der Waals surface area contributed by atoms with Crippen molar-refractivity contribution in [2.24, 2.45) is 0 Å². The predicted octanol–water partition coefficient (Wildman–Crippen LogP) is 9.69. The summed E-state index contributed by atoms with van der Waals surface area (Å²) in [6, 6.07) is 49.1. The van der Waals surface area contributed by atoms with Crippen molar-refractivity contribution in [3.05, 3.63) is 145 Å². The first kappa shape index (κ1) is 23.2. The molecule has 0 atom stereocenters. The van der Waals surface area contributed by atoms with Gasteiger partial charge in [-0.25, -0.2) is 0 Å². The van der Waals surface area contributed by atoms with Crippen molar-refractivity contribution < 1.29 is 0 Å². The topological polar surface area (TPSA) is 41.6 Å². The first-order valence-electron chi connectivity index (χ1n) is 13.7. The molecule has 41 heavy (non-hydrogen) atoms. The van der Waals surface area contributed by atoms with Crippen LogP contribution in [0.25, 0.3) is 71.4 Å². The van der Waals surface area contributed by atoms with Crippen LogP contribution in [0.1, 0.15) is 5.56 Å². The monoisotopic (exact) mass is 521 g/mol. The van der Waals surface area contributed by atoms with Crippen LogP contribution >= 0.6 is 0 Å². The molecule has 0 bridgehead atoms. The van der Waals surface area contributed by atoms with Gasteiger partial charge in [0, 0.05) is 28.2 Å². The maximum atomic E-state index is 9.43. The molecule has 0 aliphatic rings. The average Bonchev–Trinajstić information content (AvgIpc) is 3.40. The molecule has 0 radical (unpaired) electrons. The van der Waals surface area contributed by atoms with Gasteiger partial charge in [-0.3, -0.25) is 4.98 Å². The number of nitrogens with zero attached hydrogens (tertiary/aromatic N) is 3. The highest BCUT2D eigenvalue weighted by Gasteiger charge is 2.19. The summed E-state index contributed by atoms with van der Waals surface area (Å²) in [5.74, 6) is 0. The summed E-state index contributed by atoms with van der Waals surface area (Å²) >= 11 is 0. The Hall–Kier alpha value is -5.72. The highest BCUT2D eigenvalue weighted by atomic mass is 15.0. The zero-order valence-corrected chi connectivity index (χ0v) is 22.1. The van der Waals surface area contributed by atoms with E-state index in [1.54, 1.807) is 12.3 Å². The van der Waals surface area contributed by atoms with E-state index in [1.165, 1.54) is 43.4 Å². The second-order valence-electron chi connectivity index (χ2n) is 10.3. The van der Waals surface area contributed by atoms with Crippen molar-refractivity contribution in [1.82, 2.24) is 9.55 Å². The minimum atomic E-state index is 0.604. The lowest BCUT2D eigenvalue weighted by atomic mass is 9.92. The molecular formula is C38H23N3. The van der Waals surface area contributed by atoms with Crippen LogP contribution in [0.4, 0.5) is 0 Å². The van der Waals surface area contributed by atoms with E-state index in [1.807, 2.05) is 6.07 Å². The van der Waals surface area contributed by atoms with E-state index < -0.39 is 0 Å². The fraction of sp³-hybridized carbons (Fsp3) is 0. The van der Waals surface area contributed by atoms with Crippen LogP contribution in [-0.2, 0) is 0 Å². The Morgan fingerprint density at radius 2 is 1.29 bits per heavy atom. The Bertz CT molecular complexity index is 2320. The number of aromatic nitrogens is 2. The molecule has 2 heterocycles. The highest BCUT2D eigenvalue weighted by Crippen LogP contribution is 2.44. The largest absolute Gasteiger partial charge is 0.309 e. The lowest BCUT2D eigenvalue weighted by molar-refractivity contribution is 1.18. The van der Waals surface area contributed by atoms with Crippen molar-refractivity contribution in [2.75, 3.05) is 0 Å². The van der Waals surface area contributed by atoms with Crippen molar-refractivity contribution in [2.45, 2.75) is 0 Å². The number of pyridine rings is 1. The first-order valence-corrected chi connectivity index (χ1v) is 13.7. The van der Waals surface area contributed by atoms with Crippen LogP contribution in [-0.4, -0.2) is 9.55 Å². The summed E-state index contributed by atoms with van der Waals surface area (Å²) in [6.07, 6.45) is 1.70. The Balaban J connectivity index is 1.51. The zero-order valence-electron chi connectivity index (χ0n) is 22.1. The van der Waals surface area contributed by atoms with E-state index in [0.717, 1.165) is 28.1 Å². The third-order valence-electron chi connectivity index (χ3n) is 8.04. The second-order valence-corrected chi connectivity index (χ2v) is 10.3. The molecule has 0 aliphatic heterocycles. The fourth-order valence-electron chi connectivity index (χ4n) is 6.24. The van der Waals surface area contributed by atoms with Crippen LogP contribution in [0.5, 0.6) is 0 Å². The van der Waals surface area contributed by atoms with Crippen molar-refractivity contribution >= 4 is 43.4 Å². The third kappa shape index (κ3) is 3.62. The molecule has 0 fully saturated rings. The molecular weight excluding hydrogens is 498 g/mol. The van der Waals surface area contributed by atoms with E-state index in [4.69, 9.17) is 0 Å². The number of nitriles is 1. The van der Waals surface area contributed by atoms with Gasteiger partial charge in [-0.1, -0.05) is 91.0 Å². The van der Waals surface area contributed by atoms with Gasteiger partial charge in [0.05, 0.1) is 28.4 Å². The van der Waals surface area contributed by atoms with Crippen molar-refractivity contribution in [1.29, 1.82) is 5.26 Å². The number of para-hydroxylation sites is 1. The second kappa shape index (κ2) is 9.19. The van der Waals surface area contributed by atoms with Gasteiger partial charge >= 0.3 is 0 Å². The minimum Gasteiger partial charge on any atom is -0.309 e. The normalized spacial score (nSPS) is 11.4. The summed E-state index contributed by atoms with van der Waals surface area (Å²) < 4.78 is 2.40. The van der Waals surface area contributed by atoms with Crippen LogP contribution in [0.3, 0.4) is 0 Å². The molecule has 8 rings (SSSR count). The van der Waals surface area contributed by atoms with Crippen LogP contribution in [0, 0.1) is 11.3 Å². The maximum Gasteiger partial charge on any atom is 0.0992 e. The summed E-state index contributed by atoms with van der Waals surface area (Å²) in [4.78, 5) is 4.56. The molecule has 6 aromatic carbocycles. The number of fused-ring (bicyclic) bond motifs is 7. The first-order chi connectivity index (χ1) is 20.3. The molecule has 0 amide bonds. The van der Waals surface area contributed by atoms with E-state index >= 15 is 0 Å². The van der Waals surface area contributed by atoms with E-state index in [2.05, 4.69) is 137 Å². The summed E-state index contributed by atoms with van der Waals surface area (Å²) in [6.45, 7) is 0. The predicted molar refractivity (Wildman–Crippen MR) is 169 cm³/mol. The summed E-state index contributed by atoms with van der Waals surface area (Å²) in [7, 11) is 0. The van der Waals surface area contributed by atoms with Gasteiger partial charge in [-0.05, 0) is 75.1 Å². The smallest absolute Gasteiger partial charge is 0.0992 e. The lowest BCUT2D eigenvalue weighted by Gasteiger charge is -2.13. The van der Waals surface area contributed by atoms with Gasteiger partial charge < -0.3 is 4.57 Å². The molecule has 0 saturated heterocycles. The molecule has 2 aromatic heterocycles. The Morgan fingerprint density at radius 3 is 2.15 bits per heavy atom. The molecule has 8 aromatic rings. The van der Waals surface area contributed by atoms with Crippen molar-refractivity contribution in [3.8, 4) is 34.1 Å².